The summed E-state index contributed by atoms with van der Waals surface area (Å²) >= 11 is 4.00. The van der Waals surface area contributed by atoms with Gasteiger partial charge < -0.3 is 5.11 Å². The van der Waals surface area contributed by atoms with Gasteiger partial charge in [-0.2, -0.15) is 23.5 Å². The molecule has 5 unspecified atom stereocenters. The summed E-state index contributed by atoms with van der Waals surface area (Å²) < 4.78 is 0. The molecule has 1 nitrogen and oxygen atoms in total. The van der Waals surface area contributed by atoms with Crippen LogP contribution in [0.25, 0.3) is 0 Å². The minimum atomic E-state index is -0.104. The molecule has 0 aromatic carbocycles. The van der Waals surface area contributed by atoms with Crippen molar-refractivity contribution in [3.63, 3.8) is 0 Å². The first-order valence-electron chi connectivity index (χ1n) is 5.99. The quantitative estimate of drug-likeness (QED) is 0.823. The molecule has 1 rings (SSSR count). The van der Waals surface area contributed by atoms with Crippen LogP contribution in [0.3, 0.4) is 0 Å². The molecule has 1 fully saturated rings. The lowest BCUT2D eigenvalue weighted by Gasteiger charge is -2.34. The molecule has 0 spiro atoms. The van der Waals surface area contributed by atoms with Crippen molar-refractivity contribution in [3.05, 3.63) is 0 Å². The topological polar surface area (TPSA) is 20.2 Å². The van der Waals surface area contributed by atoms with Crippen LogP contribution in [-0.2, 0) is 0 Å². The van der Waals surface area contributed by atoms with E-state index in [1.54, 1.807) is 0 Å². The Hall–Kier alpha value is 0.660. The zero-order valence-electron chi connectivity index (χ0n) is 10.3. The first-order chi connectivity index (χ1) is 7.04. The highest BCUT2D eigenvalue weighted by atomic mass is 32.2. The van der Waals surface area contributed by atoms with Crippen molar-refractivity contribution in [2.45, 2.75) is 62.4 Å². The van der Waals surface area contributed by atoms with Gasteiger partial charge in [-0.1, -0.05) is 34.1 Å². The Balaban J connectivity index is 2.37. The van der Waals surface area contributed by atoms with E-state index in [0.717, 1.165) is 17.4 Å². The van der Waals surface area contributed by atoms with E-state index in [4.69, 9.17) is 0 Å². The average molecular weight is 248 g/mol. The zero-order valence-corrected chi connectivity index (χ0v) is 11.9. The molecule has 1 saturated heterocycles. The Morgan fingerprint density at radius 3 is 2.53 bits per heavy atom. The molecule has 0 bridgehead atoms. The molecule has 0 aliphatic carbocycles. The van der Waals surface area contributed by atoms with Crippen molar-refractivity contribution in [1.29, 1.82) is 0 Å². The summed E-state index contributed by atoms with van der Waals surface area (Å²) in [6.07, 6.45) is 2.04. The van der Waals surface area contributed by atoms with E-state index in [9.17, 15) is 5.11 Å². The second-order valence-corrected chi connectivity index (χ2v) is 7.77. The van der Waals surface area contributed by atoms with Crippen molar-refractivity contribution in [2.75, 3.05) is 5.75 Å². The van der Waals surface area contributed by atoms with Gasteiger partial charge in [-0.25, -0.2) is 0 Å². The van der Waals surface area contributed by atoms with Gasteiger partial charge in [0.25, 0.3) is 0 Å². The molecule has 1 aliphatic rings. The number of aliphatic hydroxyl groups excluding tert-OH is 1. The molecule has 0 saturated carbocycles. The minimum Gasteiger partial charge on any atom is -0.392 e. The molecular formula is C12H24OS2. The average Bonchev–Trinajstić information content (AvgIpc) is 2.21. The maximum Gasteiger partial charge on any atom is 0.0669 e. The third kappa shape index (κ3) is 4.20. The molecule has 3 heteroatoms. The number of hydrogen-bond donors (Lipinski definition) is 1. The monoisotopic (exact) mass is 248 g/mol. The summed E-state index contributed by atoms with van der Waals surface area (Å²) in [5, 5.41) is 12.0. The summed E-state index contributed by atoms with van der Waals surface area (Å²) in [5.41, 5.74) is 0. The number of rotatable bonds is 4. The second-order valence-electron chi connectivity index (χ2n) is 4.73. The van der Waals surface area contributed by atoms with Crippen LogP contribution in [-0.4, -0.2) is 32.7 Å². The Bertz CT molecular complexity index is 186. The highest BCUT2D eigenvalue weighted by Crippen LogP contribution is 2.38. The van der Waals surface area contributed by atoms with Gasteiger partial charge in [0.2, 0.25) is 0 Å². The maximum absolute atomic E-state index is 10.1. The van der Waals surface area contributed by atoms with E-state index in [1.807, 2.05) is 23.5 Å². The van der Waals surface area contributed by atoms with E-state index in [2.05, 4.69) is 27.7 Å². The van der Waals surface area contributed by atoms with Crippen molar-refractivity contribution in [1.82, 2.24) is 0 Å². The Morgan fingerprint density at radius 2 is 2.00 bits per heavy atom. The van der Waals surface area contributed by atoms with Crippen LogP contribution in [0, 0.1) is 5.92 Å². The highest BCUT2D eigenvalue weighted by molar-refractivity contribution is 8.07. The lowest BCUT2D eigenvalue weighted by molar-refractivity contribution is 0.146. The molecule has 5 atom stereocenters. The first-order valence-corrected chi connectivity index (χ1v) is 7.98. The standard InChI is InChI=1S/C12H24OS2/c1-5-8(2)6-11(13)12-7-14-9(3)10(4)15-12/h8-13H,5-7H2,1-4H3. The first kappa shape index (κ1) is 13.7. The molecule has 1 heterocycles. The zero-order chi connectivity index (χ0) is 11.4. The van der Waals surface area contributed by atoms with Crippen molar-refractivity contribution in [2.24, 2.45) is 5.92 Å². The molecule has 90 valence electrons. The summed E-state index contributed by atoms with van der Waals surface area (Å²) in [6, 6.07) is 0. The van der Waals surface area contributed by atoms with E-state index in [-0.39, 0.29) is 6.10 Å². The van der Waals surface area contributed by atoms with E-state index >= 15 is 0 Å². The van der Waals surface area contributed by atoms with Crippen LogP contribution in [0.2, 0.25) is 0 Å². The third-order valence-corrected chi connectivity index (χ3v) is 6.88. The van der Waals surface area contributed by atoms with E-state index < -0.39 is 0 Å². The molecular weight excluding hydrogens is 224 g/mol. The van der Waals surface area contributed by atoms with Gasteiger partial charge in [-0.15, -0.1) is 0 Å². The van der Waals surface area contributed by atoms with Gasteiger partial charge in [-0.05, 0) is 12.3 Å². The fourth-order valence-corrected chi connectivity index (χ4v) is 4.77. The van der Waals surface area contributed by atoms with Crippen LogP contribution < -0.4 is 0 Å². The molecule has 0 aromatic heterocycles. The van der Waals surface area contributed by atoms with Crippen molar-refractivity contribution in [3.8, 4) is 0 Å². The third-order valence-electron chi connectivity index (χ3n) is 3.34. The lowest BCUT2D eigenvalue weighted by Crippen LogP contribution is -2.35. The number of aliphatic hydroxyl groups is 1. The summed E-state index contributed by atoms with van der Waals surface area (Å²) in [7, 11) is 0. The van der Waals surface area contributed by atoms with Gasteiger partial charge in [0.1, 0.15) is 0 Å². The van der Waals surface area contributed by atoms with Gasteiger partial charge in [-0.3, -0.25) is 0 Å². The van der Waals surface area contributed by atoms with E-state index in [0.29, 0.717) is 16.4 Å². The molecule has 1 aliphatic heterocycles. The molecule has 0 radical (unpaired) electrons. The van der Waals surface area contributed by atoms with Gasteiger partial charge >= 0.3 is 0 Å². The summed E-state index contributed by atoms with van der Waals surface area (Å²) in [4.78, 5) is 0. The maximum atomic E-state index is 10.1. The summed E-state index contributed by atoms with van der Waals surface area (Å²) in [6.45, 7) is 9.00. The Kier molecular flexibility index (Phi) is 5.86. The molecule has 0 amide bonds. The van der Waals surface area contributed by atoms with Crippen LogP contribution in [0.4, 0.5) is 0 Å². The fourth-order valence-electron chi connectivity index (χ4n) is 1.74. The predicted octanol–water partition coefficient (Wildman–Crippen LogP) is 3.41. The highest BCUT2D eigenvalue weighted by Gasteiger charge is 2.30. The molecule has 1 N–H and O–H groups in total. The van der Waals surface area contributed by atoms with Crippen LogP contribution in [0.5, 0.6) is 0 Å². The van der Waals surface area contributed by atoms with Gasteiger partial charge in [0.05, 0.1) is 6.10 Å². The number of hydrogen-bond acceptors (Lipinski definition) is 3. The Morgan fingerprint density at radius 1 is 1.33 bits per heavy atom. The molecule has 15 heavy (non-hydrogen) atoms. The number of thioether (sulfide) groups is 2. The van der Waals surface area contributed by atoms with Crippen molar-refractivity contribution >= 4 is 23.5 Å². The van der Waals surface area contributed by atoms with Crippen molar-refractivity contribution < 1.29 is 5.11 Å². The second kappa shape index (κ2) is 6.41. The van der Waals surface area contributed by atoms with Crippen LogP contribution in [0.1, 0.15) is 40.5 Å². The molecule has 0 aromatic rings. The van der Waals surface area contributed by atoms with Crippen LogP contribution in [0.15, 0.2) is 0 Å². The van der Waals surface area contributed by atoms with Crippen LogP contribution >= 0.6 is 23.5 Å². The minimum absolute atomic E-state index is 0.104. The summed E-state index contributed by atoms with van der Waals surface area (Å²) in [5.74, 6) is 1.77. The fraction of sp³-hybridized carbons (Fsp3) is 1.00. The predicted molar refractivity (Wildman–Crippen MR) is 72.8 cm³/mol. The van der Waals surface area contributed by atoms with Gasteiger partial charge in [0.15, 0.2) is 0 Å². The van der Waals surface area contributed by atoms with E-state index in [1.165, 1.54) is 6.42 Å². The normalized spacial score (nSPS) is 36.2. The Labute approximate surface area is 103 Å². The largest absolute Gasteiger partial charge is 0.392 e. The van der Waals surface area contributed by atoms with Gasteiger partial charge in [0, 0.05) is 21.5 Å². The SMILES string of the molecule is CCC(C)CC(O)C1CSC(C)C(C)S1. The smallest absolute Gasteiger partial charge is 0.0669 e. The lowest BCUT2D eigenvalue weighted by atomic mass is 10.00.